The van der Waals surface area contributed by atoms with Crippen LogP contribution in [-0.2, 0) is 21.5 Å². The molecule has 39 heavy (non-hydrogen) atoms. The molecule has 1 aliphatic heterocycles. The highest BCUT2D eigenvalue weighted by Gasteiger charge is 2.59. The van der Waals surface area contributed by atoms with Crippen molar-refractivity contribution in [3.8, 4) is 5.75 Å². The highest BCUT2D eigenvalue weighted by molar-refractivity contribution is 6.31. The van der Waals surface area contributed by atoms with Gasteiger partial charge in [-0.05, 0) is 59.7 Å². The Bertz CT molecular complexity index is 1350. The second kappa shape index (κ2) is 11.4. The number of benzene rings is 3. The summed E-state index contributed by atoms with van der Waals surface area (Å²) in [6.45, 7) is 4.13. The Morgan fingerprint density at radius 1 is 1.08 bits per heavy atom. The van der Waals surface area contributed by atoms with E-state index < -0.39 is 41.1 Å². The first-order valence-electron chi connectivity index (χ1n) is 12.6. The summed E-state index contributed by atoms with van der Waals surface area (Å²) in [5.74, 6) is -2.30. The van der Waals surface area contributed by atoms with Gasteiger partial charge in [0.25, 0.3) is 0 Å². The Morgan fingerprint density at radius 3 is 2.38 bits per heavy atom. The van der Waals surface area contributed by atoms with E-state index in [2.05, 4.69) is 19.2 Å². The van der Waals surface area contributed by atoms with Crippen molar-refractivity contribution in [2.45, 2.75) is 50.2 Å². The van der Waals surface area contributed by atoms with Crippen molar-refractivity contribution in [2.24, 2.45) is 11.1 Å². The Hall–Kier alpha value is -2.71. The van der Waals surface area contributed by atoms with Crippen LogP contribution in [0.3, 0.4) is 0 Å². The third-order valence-electron chi connectivity index (χ3n) is 7.57. The van der Waals surface area contributed by atoms with E-state index in [1.807, 2.05) is 24.3 Å². The molecule has 3 N–H and O–H groups in total. The number of nitrogens with one attached hydrogen (secondary N) is 1. The van der Waals surface area contributed by atoms with Gasteiger partial charge in [0, 0.05) is 22.5 Å². The van der Waals surface area contributed by atoms with E-state index >= 15 is 8.78 Å². The molecule has 0 aromatic heterocycles. The molecule has 0 bridgehead atoms. The fourth-order valence-corrected chi connectivity index (χ4v) is 6.16. The first-order chi connectivity index (χ1) is 18.4. The molecule has 0 aliphatic carbocycles. The second-order valence-electron chi connectivity index (χ2n) is 10.8. The fraction of sp³-hybridized carbons (Fsp3) is 0.367. The molecule has 9 heteroatoms. The summed E-state index contributed by atoms with van der Waals surface area (Å²) in [5.41, 5.74) is 6.54. The van der Waals surface area contributed by atoms with Gasteiger partial charge in [0.1, 0.15) is 23.4 Å². The van der Waals surface area contributed by atoms with Gasteiger partial charge in [0.15, 0.2) is 0 Å². The van der Waals surface area contributed by atoms with Crippen LogP contribution in [0.4, 0.5) is 8.78 Å². The first kappa shape index (κ1) is 29.3. The van der Waals surface area contributed by atoms with Gasteiger partial charge < -0.3 is 15.2 Å². The number of carbonyl (C=O) groups is 1. The zero-order valence-corrected chi connectivity index (χ0v) is 23.7. The van der Waals surface area contributed by atoms with Gasteiger partial charge in [-0.15, -0.1) is 0 Å². The van der Waals surface area contributed by atoms with Gasteiger partial charge in [-0.2, -0.15) is 0 Å². The number of esters is 1. The van der Waals surface area contributed by atoms with Gasteiger partial charge in [0.05, 0.1) is 24.8 Å². The standard InChI is InChI=1S/C30H32Cl2F2N2O3/c1-29(2,15-17-8-11-19(38-3)12-9-17)16-24-30(35,21-13-10-18(31)14-23(21)33)25(27(36-24)28(37)39-4)20-6-5-7-22(32)26(20)34/h5-14,24-25,27,36H,15-16,35H2,1-4H3/t24-,25-,27+,30+/m0/s1. The molecule has 208 valence electrons. The van der Waals surface area contributed by atoms with Gasteiger partial charge in [-0.25, -0.2) is 8.78 Å². The minimum absolute atomic E-state index is 0.0951. The van der Waals surface area contributed by atoms with Crippen molar-refractivity contribution in [3.05, 3.63) is 99.0 Å². The van der Waals surface area contributed by atoms with Crippen LogP contribution in [0.5, 0.6) is 5.75 Å². The molecule has 0 saturated carbocycles. The van der Waals surface area contributed by atoms with Crippen LogP contribution in [0, 0.1) is 17.0 Å². The molecule has 1 fully saturated rings. The molecule has 3 aromatic carbocycles. The monoisotopic (exact) mass is 576 g/mol. The normalized spacial score (nSPS) is 23.1. The number of hydrogen-bond acceptors (Lipinski definition) is 5. The third-order valence-corrected chi connectivity index (χ3v) is 8.10. The van der Waals surface area contributed by atoms with E-state index in [1.54, 1.807) is 13.2 Å². The van der Waals surface area contributed by atoms with Crippen LogP contribution in [0.1, 0.15) is 42.9 Å². The van der Waals surface area contributed by atoms with Crippen LogP contribution in [-0.4, -0.2) is 32.3 Å². The van der Waals surface area contributed by atoms with Crippen molar-refractivity contribution in [3.63, 3.8) is 0 Å². The van der Waals surface area contributed by atoms with Crippen LogP contribution < -0.4 is 15.8 Å². The Balaban J connectivity index is 1.84. The highest BCUT2D eigenvalue weighted by Crippen LogP contribution is 2.50. The van der Waals surface area contributed by atoms with Crippen LogP contribution >= 0.6 is 23.2 Å². The number of carbonyl (C=O) groups excluding carboxylic acids is 1. The number of rotatable bonds is 8. The zero-order chi connectivity index (χ0) is 28.5. The van der Waals surface area contributed by atoms with Crippen LogP contribution in [0.2, 0.25) is 10.0 Å². The van der Waals surface area contributed by atoms with E-state index in [-0.39, 0.29) is 26.6 Å². The topological polar surface area (TPSA) is 73.6 Å². The second-order valence-corrected chi connectivity index (χ2v) is 11.6. The molecule has 5 nitrogen and oxygen atoms in total. The van der Waals surface area contributed by atoms with Gasteiger partial charge >= 0.3 is 5.97 Å². The predicted octanol–water partition coefficient (Wildman–Crippen LogP) is 6.39. The molecule has 3 aromatic rings. The quantitative estimate of drug-likeness (QED) is 0.304. The lowest BCUT2D eigenvalue weighted by Gasteiger charge is -2.40. The van der Waals surface area contributed by atoms with E-state index in [4.69, 9.17) is 38.4 Å². The molecular weight excluding hydrogens is 545 g/mol. The molecule has 1 heterocycles. The summed E-state index contributed by atoms with van der Waals surface area (Å²) in [7, 11) is 2.86. The molecule has 0 radical (unpaired) electrons. The maximum atomic E-state index is 15.6. The maximum absolute atomic E-state index is 15.6. The van der Waals surface area contributed by atoms with Crippen molar-refractivity contribution >= 4 is 29.2 Å². The van der Waals surface area contributed by atoms with Gasteiger partial charge in [-0.3, -0.25) is 10.1 Å². The Morgan fingerprint density at radius 2 is 1.77 bits per heavy atom. The minimum Gasteiger partial charge on any atom is -0.497 e. The lowest BCUT2D eigenvalue weighted by atomic mass is 9.67. The fourth-order valence-electron chi connectivity index (χ4n) is 5.82. The molecule has 1 saturated heterocycles. The summed E-state index contributed by atoms with van der Waals surface area (Å²) in [5, 5.41) is 3.36. The summed E-state index contributed by atoms with van der Waals surface area (Å²) in [4.78, 5) is 13.1. The Labute approximate surface area is 237 Å². The summed E-state index contributed by atoms with van der Waals surface area (Å²) >= 11 is 12.2. The lowest BCUT2D eigenvalue weighted by Crippen LogP contribution is -2.52. The van der Waals surface area contributed by atoms with Crippen molar-refractivity contribution in [1.29, 1.82) is 0 Å². The molecule has 1 aliphatic rings. The molecule has 0 unspecified atom stereocenters. The van der Waals surface area contributed by atoms with E-state index in [0.29, 0.717) is 12.8 Å². The van der Waals surface area contributed by atoms with E-state index in [1.165, 1.54) is 37.4 Å². The average molecular weight is 577 g/mol. The zero-order valence-electron chi connectivity index (χ0n) is 22.2. The maximum Gasteiger partial charge on any atom is 0.323 e. The molecule has 0 spiro atoms. The lowest BCUT2D eigenvalue weighted by molar-refractivity contribution is -0.143. The number of ether oxygens (including phenoxy) is 2. The Kier molecular flexibility index (Phi) is 8.57. The molecular formula is C30H32Cl2F2N2O3. The van der Waals surface area contributed by atoms with Crippen molar-refractivity contribution < 1.29 is 23.0 Å². The predicted molar refractivity (Wildman–Crippen MR) is 149 cm³/mol. The highest BCUT2D eigenvalue weighted by atomic mass is 35.5. The molecule has 4 rings (SSSR count). The summed E-state index contributed by atoms with van der Waals surface area (Å²) in [6, 6.07) is 14.7. The average Bonchev–Trinajstić information content (AvgIpc) is 3.17. The number of halogens is 4. The summed E-state index contributed by atoms with van der Waals surface area (Å²) in [6.07, 6.45) is 1.08. The van der Waals surface area contributed by atoms with E-state index in [9.17, 15) is 4.79 Å². The smallest absolute Gasteiger partial charge is 0.323 e. The first-order valence-corrected chi connectivity index (χ1v) is 13.3. The number of methoxy groups -OCH3 is 2. The van der Waals surface area contributed by atoms with E-state index in [0.717, 1.165) is 11.3 Å². The third kappa shape index (κ3) is 5.78. The van der Waals surface area contributed by atoms with Crippen LogP contribution in [0.15, 0.2) is 60.7 Å². The number of hydrogen-bond donors (Lipinski definition) is 2. The van der Waals surface area contributed by atoms with Gasteiger partial charge in [-0.1, -0.05) is 67.4 Å². The number of nitrogens with two attached hydrogens (primary N) is 1. The summed E-state index contributed by atoms with van der Waals surface area (Å²) < 4.78 is 41.5. The van der Waals surface area contributed by atoms with Gasteiger partial charge in [0.2, 0.25) is 0 Å². The van der Waals surface area contributed by atoms with Crippen LogP contribution in [0.25, 0.3) is 0 Å². The largest absolute Gasteiger partial charge is 0.497 e. The minimum atomic E-state index is -1.57. The molecule has 4 atom stereocenters. The molecule has 0 amide bonds. The van der Waals surface area contributed by atoms with Crippen molar-refractivity contribution in [1.82, 2.24) is 5.32 Å². The SMILES string of the molecule is COC(=O)[C@@H]1N[C@@H](CC(C)(C)Cc2ccc(OC)cc2)[C@](N)(c2ccc(Cl)cc2F)[C@H]1c1cccc(Cl)c1F. The van der Waals surface area contributed by atoms with Crippen molar-refractivity contribution in [2.75, 3.05) is 14.2 Å².